The molecule has 0 spiro atoms. The summed E-state index contributed by atoms with van der Waals surface area (Å²) in [6, 6.07) is 17.8. The molecule has 0 atom stereocenters. The smallest absolute Gasteiger partial charge is 0.262 e. The van der Waals surface area contributed by atoms with Gasteiger partial charge in [-0.25, -0.2) is 4.39 Å². The van der Waals surface area contributed by atoms with Crippen molar-refractivity contribution in [2.24, 2.45) is 0 Å². The van der Waals surface area contributed by atoms with Gasteiger partial charge in [0.1, 0.15) is 11.4 Å². The fraction of sp³-hybridized carbons (Fsp3) is 0.167. The third-order valence-corrected chi connectivity index (χ3v) is 5.82. The van der Waals surface area contributed by atoms with Crippen LogP contribution in [-0.4, -0.2) is 37.1 Å². The number of methoxy groups -OCH3 is 2. The van der Waals surface area contributed by atoms with Gasteiger partial charge >= 0.3 is 0 Å². The molecule has 9 nitrogen and oxygen atoms in total. The van der Waals surface area contributed by atoms with Crippen molar-refractivity contribution in [3.05, 3.63) is 90.5 Å². The number of ether oxygens (including phenoxy) is 2. The van der Waals surface area contributed by atoms with Gasteiger partial charge in [0.15, 0.2) is 11.5 Å². The van der Waals surface area contributed by atoms with Gasteiger partial charge in [0.05, 0.1) is 19.7 Å². The lowest BCUT2D eigenvalue weighted by Crippen LogP contribution is -2.28. The van der Waals surface area contributed by atoms with E-state index in [9.17, 15) is 14.0 Å². The average molecular weight is 544 g/mol. The summed E-state index contributed by atoms with van der Waals surface area (Å²) in [5.41, 5.74) is 3.04. The monoisotopic (exact) mass is 543 g/mol. The average Bonchev–Trinajstić information content (AvgIpc) is 2.94. The molecule has 0 saturated carbocycles. The SMILES string of the molecule is COc1cc2nccc(Nc3ccc(NC(=O)/C(=C/NC(C)C)C(=O)Nc4ccc(F)cc4)cc3)c2cc1OC. The van der Waals surface area contributed by atoms with Crippen molar-refractivity contribution in [2.75, 3.05) is 30.2 Å². The summed E-state index contributed by atoms with van der Waals surface area (Å²) in [5.74, 6) is -0.490. The van der Waals surface area contributed by atoms with E-state index in [1.165, 1.54) is 30.5 Å². The summed E-state index contributed by atoms with van der Waals surface area (Å²) in [5, 5.41) is 12.6. The van der Waals surface area contributed by atoms with Crippen LogP contribution >= 0.6 is 0 Å². The van der Waals surface area contributed by atoms with E-state index < -0.39 is 17.6 Å². The Morgan fingerprint density at radius 3 is 1.95 bits per heavy atom. The summed E-state index contributed by atoms with van der Waals surface area (Å²) in [6.07, 6.45) is 3.06. The van der Waals surface area contributed by atoms with E-state index in [0.29, 0.717) is 22.9 Å². The number of carbonyl (C=O) groups is 2. The molecule has 2 amide bonds. The summed E-state index contributed by atoms with van der Waals surface area (Å²) in [4.78, 5) is 30.4. The number of hydrogen-bond acceptors (Lipinski definition) is 7. The zero-order valence-electron chi connectivity index (χ0n) is 22.5. The third-order valence-electron chi connectivity index (χ3n) is 5.82. The first-order chi connectivity index (χ1) is 19.3. The number of amides is 2. The number of benzene rings is 3. The molecule has 0 aliphatic rings. The molecule has 10 heteroatoms. The van der Waals surface area contributed by atoms with Gasteiger partial charge < -0.3 is 30.7 Å². The van der Waals surface area contributed by atoms with Crippen molar-refractivity contribution in [3.8, 4) is 11.5 Å². The normalized spacial score (nSPS) is 11.2. The first kappa shape index (κ1) is 27.9. The summed E-state index contributed by atoms with van der Waals surface area (Å²) in [6.45, 7) is 3.77. The highest BCUT2D eigenvalue weighted by molar-refractivity contribution is 6.26. The van der Waals surface area contributed by atoms with Gasteiger partial charge in [-0.3, -0.25) is 14.6 Å². The number of halogens is 1. The van der Waals surface area contributed by atoms with Crippen molar-refractivity contribution in [3.63, 3.8) is 0 Å². The van der Waals surface area contributed by atoms with Crippen LogP contribution in [0.15, 0.2) is 84.7 Å². The number of rotatable bonds is 10. The van der Waals surface area contributed by atoms with Crippen molar-refractivity contribution in [1.29, 1.82) is 0 Å². The molecule has 206 valence electrons. The Morgan fingerprint density at radius 2 is 1.38 bits per heavy atom. The number of nitrogens with zero attached hydrogens (tertiary/aromatic N) is 1. The van der Waals surface area contributed by atoms with E-state index in [1.54, 1.807) is 44.7 Å². The zero-order chi connectivity index (χ0) is 28.6. The van der Waals surface area contributed by atoms with Crippen molar-refractivity contribution in [1.82, 2.24) is 10.3 Å². The van der Waals surface area contributed by atoms with Crippen molar-refractivity contribution >= 4 is 45.5 Å². The standard InChI is InChI=1S/C30H30FN5O4/c1-18(2)33-17-24(29(37)35-21-7-5-19(31)6-8-21)30(38)36-22-11-9-20(10-12-22)34-25-13-14-32-26-16-28(40-4)27(39-3)15-23(25)26/h5-18,33H,1-4H3,(H,32,34)(H,35,37)(H,36,38)/b24-17+. The predicted octanol–water partition coefficient (Wildman–Crippen LogP) is 5.59. The highest BCUT2D eigenvalue weighted by Gasteiger charge is 2.19. The summed E-state index contributed by atoms with van der Waals surface area (Å²) < 4.78 is 24.0. The van der Waals surface area contributed by atoms with Crippen LogP contribution in [0.2, 0.25) is 0 Å². The molecule has 0 saturated heterocycles. The largest absolute Gasteiger partial charge is 0.493 e. The molecule has 4 aromatic rings. The third kappa shape index (κ3) is 6.84. The van der Waals surface area contributed by atoms with E-state index in [2.05, 4.69) is 26.3 Å². The van der Waals surface area contributed by atoms with Gasteiger partial charge in [0.25, 0.3) is 11.8 Å². The lowest BCUT2D eigenvalue weighted by Gasteiger charge is -2.14. The number of fused-ring (bicyclic) bond motifs is 1. The molecule has 3 aromatic carbocycles. The Bertz CT molecular complexity index is 1540. The van der Waals surface area contributed by atoms with Crippen LogP contribution in [0, 0.1) is 5.82 Å². The van der Waals surface area contributed by atoms with Crippen molar-refractivity contribution in [2.45, 2.75) is 19.9 Å². The van der Waals surface area contributed by atoms with Crippen LogP contribution in [-0.2, 0) is 9.59 Å². The fourth-order valence-corrected chi connectivity index (χ4v) is 3.79. The minimum absolute atomic E-state index is 0.00268. The van der Waals surface area contributed by atoms with Crippen molar-refractivity contribution < 1.29 is 23.5 Å². The lowest BCUT2D eigenvalue weighted by molar-refractivity contribution is -0.118. The van der Waals surface area contributed by atoms with Crippen LogP contribution in [0.1, 0.15) is 13.8 Å². The maximum Gasteiger partial charge on any atom is 0.262 e. The first-order valence-electron chi connectivity index (χ1n) is 12.5. The Hall–Kier alpha value is -5.12. The first-order valence-corrected chi connectivity index (χ1v) is 12.5. The second-order valence-electron chi connectivity index (χ2n) is 9.08. The van der Waals surface area contributed by atoms with Crippen LogP contribution in [0.5, 0.6) is 11.5 Å². The molecule has 0 unspecified atom stereocenters. The molecule has 1 heterocycles. The number of nitrogens with one attached hydrogen (secondary N) is 4. The van der Waals surface area contributed by atoms with Gasteiger partial charge in [-0.2, -0.15) is 0 Å². The van der Waals surface area contributed by atoms with Gasteiger partial charge in [-0.1, -0.05) is 0 Å². The zero-order valence-corrected chi connectivity index (χ0v) is 22.5. The molecule has 0 fully saturated rings. The quantitative estimate of drug-likeness (QED) is 0.117. The van der Waals surface area contributed by atoms with Crippen LogP contribution in [0.4, 0.5) is 27.1 Å². The van der Waals surface area contributed by atoms with E-state index in [0.717, 1.165) is 22.3 Å². The fourth-order valence-electron chi connectivity index (χ4n) is 3.79. The molecule has 0 radical (unpaired) electrons. The Balaban J connectivity index is 1.49. The van der Waals surface area contributed by atoms with Crippen LogP contribution in [0.3, 0.4) is 0 Å². The van der Waals surface area contributed by atoms with E-state index in [-0.39, 0.29) is 11.6 Å². The number of anilines is 4. The molecule has 0 aliphatic heterocycles. The molecular formula is C30H30FN5O4. The van der Waals surface area contributed by atoms with Crippen LogP contribution in [0.25, 0.3) is 10.9 Å². The van der Waals surface area contributed by atoms with Gasteiger partial charge in [0.2, 0.25) is 0 Å². The Kier molecular flexibility index (Phi) is 8.80. The molecule has 0 aliphatic carbocycles. The lowest BCUT2D eigenvalue weighted by atomic mass is 10.1. The summed E-state index contributed by atoms with van der Waals surface area (Å²) in [7, 11) is 3.15. The number of pyridine rings is 1. The summed E-state index contributed by atoms with van der Waals surface area (Å²) >= 11 is 0. The van der Waals surface area contributed by atoms with Gasteiger partial charge in [-0.15, -0.1) is 0 Å². The minimum atomic E-state index is -0.632. The van der Waals surface area contributed by atoms with E-state index >= 15 is 0 Å². The van der Waals surface area contributed by atoms with E-state index in [1.807, 2.05) is 32.0 Å². The molecule has 40 heavy (non-hydrogen) atoms. The molecular weight excluding hydrogens is 513 g/mol. The van der Waals surface area contributed by atoms with E-state index in [4.69, 9.17) is 9.47 Å². The molecule has 4 N–H and O–H groups in total. The Morgan fingerprint density at radius 1 is 0.825 bits per heavy atom. The second-order valence-corrected chi connectivity index (χ2v) is 9.08. The van der Waals surface area contributed by atoms with Gasteiger partial charge in [0, 0.05) is 52.6 Å². The Labute approximate surface area is 231 Å². The highest BCUT2D eigenvalue weighted by atomic mass is 19.1. The molecule has 0 bridgehead atoms. The maximum absolute atomic E-state index is 13.2. The predicted molar refractivity (Wildman–Crippen MR) is 155 cm³/mol. The topological polar surface area (TPSA) is 114 Å². The number of hydrogen-bond donors (Lipinski definition) is 4. The van der Waals surface area contributed by atoms with Crippen LogP contribution < -0.4 is 30.7 Å². The maximum atomic E-state index is 13.2. The number of aromatic nitrogens is 1. The number of carbonyl (C=O) groups excluding carboxylic acids is 2. The minimum Gasteiger partial charge on any atom is -0.493 e. The molecule has 4 rings (SSSR count). The van der Waals surface area contributed by atoms with Gasteiger partial charge in [-0.05, 0) is 74.5 Å². The second kappa shape index (κ2) is 12.6. The highest BCUT2D eigenvalue weighted by Crippen LogP contribution is 2.35. The molecule has 1 aromatic heterocycles.